The van der Waals surface area contributed by atoms with Crippen LogP contribution in [0.25, 0.3) is 0 Å². The lowest BCUT2D eigenvalue weighted by atomic mass is 10.1. The second kappa shape index (κ2) is 6.92. The van der Waals surface area contributed by atoms with Crippen LogP contribution in [0.5, 0.6) is 5.75 Å². The Morgan fingerprint density at radius 2 is 2.04 bits per heavy atom. The topological polar surface area (TPSA) is 93.5 Å². The number of aliphatic carboxylic acids is 1. The molecule has 0 saturated carbocycles. The van der Waals surface area contributed by atoms with Gasteiger partial charge in [0, 0.05) is 6.20 Å². The van der Waals surface area contributed by atoms with Gasteiger partial charge in [0.2, 0.25) is 0 Å². The minimum atomic E-state index is -1.40. The molecular formula is C17H20FN3O4. The highest BCUT2D eigenvalue weighted by molar-refractivity contribution is 5.96. The summed E-state index contributed by atoms with van der Waals surface area (Å²) in [5.41, 5.74) is 0.00152. The van der Waals surface area contributed by atoms with Crippen LogP contribution in [-0.4, -0.2) is 33.9 Å². The number of carboxylic acid groups (broad SMARTS) is 1. The summed E-state index contributed by atoms with van der Waals surface area (Å²) < 4.78 is 20.2. The zero-order valence-electron chi connectivity index (χ0n) is 14.4. The Morgan fingerprint density at radius 3 is 2.52 bits per heavy atom. The van der Waals surface area contributed by atoms with E-state index in [1.54, 1.807) is 4.68 Å². The monoisotopic (exact) mass is 349 g/mol. The van der Waals surface area contributed by atoms with Gasteiger partial charge in [0.15, 0.2) is 17.6 Å². The summed E-state index contributed by atoms with van der Waals surface area (Å²) in [5, 5.41) is 15.9. The van der Waals surface area contributed by atoms with Crippen LogP contribution in [0.3, 0.4) is 0 Å². The number of carbonyl (C=O) groups excluding carboxylic acids is 1. The molecule has 1 heterocycles. The van der Waals surface area contributed by atoms with Crippen LogP contribution >= 0.6 is 0 Å². The number of aromatic nitrogens is 2. The second-order valence-corrected chi connectivity index (χ2v) is 6.48. The molecule has 0 spiro atoms. The molecule has 1 aromatic heterocycles. The van der Waals surface area contributed by atoms with Crippen molar-refractivity contribution in [1.82, 2.24) is 15.1 Å². The van der Waals surface area contributed by atoms with Gasteiger partial charge in [-0.1, -0.05) is 6.07 Å². The lowest BCUT2D eigenvalue weighted by molar-refractivity contribution is -0.139. The average Bonchev–Trinajstić information content (AvgIpc) is 3.02. The number of carboxylic acids is 1. The van der Waals surface area contributed by atoms with E-state index in [9.17, 15) is 19.1 Å². The number of methoxy groups -OCH3 is 1. The molecule has 0 aliphatic rings. The summed E-state index contributed by atoms with van der Waals surface area (Å²) in [6.07, 6.45) is 2.89. The Kier molecular flexibility index (Phi) is 5.10. The molecule has 0 radical (unpaired) electrons. The Balaban J connectivity index is 2.24. The molecule has 134 valence electrons. The molecule has 1 aromatic carbocycles. The molecule has 7 nitrogen and oxygen atoms in total. The number of rotatable bonds is 5. The zero-order valence-corrected chi connectivity index (χ0v) is 14.4. The lowest BCUT2D eigenvalue weighted by Gasteiger charge is -2.18. The number of amides is 1. The molecular weight excluding hydrogens is 329 g/mol. The van der Waals surface area contributed by atoms with Gasteiger partial charge in [0.25, 0.3) is 5.91 Å². The first-order valence-corrected chi connectivity index (χ1v) is 7.55. The first-order chi connectivity index (χ1) is 11.6. The predicted octanol–water partition coefficient (Wildman–Crippen LogP) is 2.34. The summed E-state index contributed by atoms with van der Waals surface area (Å²) >= 11 is 0. The minimum absolute atomic E-state index is 0.00864. The van der Waals surface area contributed by atoms with Crippen molar-refractivity contribution < 1.29 is 23.8 Å². The number of hydrogen-bond acceptors (Lipinski definition) is 4. The van der Waals surface area contributed by atoms with E-state index in [0.29, 0.717) is 0 Å². The van der Waals surface area contributed by atoms with Crippen LogP contribution in [0.15, 0.2) is 30.6 Å². The van der Waals surface area contributed by atoms with Gasteiger partial charge in [-0.25, -0.2) is 9.18 Å². The largest absolute Gasteiger partial charge is 0.494 e. The minimum Gasteiger partial charge on any atom is -0.494 e. The highest BCUT2D eigenvalue weighted by Crippen LogP contribution is 2.22. The molecule has 0 aliphatic heterocycles. The Morgan fingerprint density at radius 1 is 1.36 bits per heavy atom. The van der Waals surface area contributed by atoms with Crippen molar-refractivity contribution in [1.29, 1.82) is 0 Å². The summed E-state index contributed by atoms with van der Waals surface area (Å²) in [6, 6.07) is 2.33. The van der Waals surface area contributed by atoms with Crippen molar-refractivity contribution in [2.75, 3.05) is 7.11 Å². The Bertz CT molecular complexity index is 795. The third-order valence-corrected chi connectivity index (χ3v) is 3.56. The van der Waals surface area contributed by atoms with E-state index in [-0.39, 0.29) is 22.4 Å². The van der Waals surface area contributed by atoms with Gasteiger partial charge in [-0.05, 0) is 38.5 Å². The molecule has 1 atom stereocenters. The van der Waals surface area contributed by atoms with Crippen LogP contribution in [0, 0.1) is 5.82 Å². The van der Waals surface area contributed by atoms with E-state index in [0.717, 1.165) is 6.07 Å². The molecule has 2 aromatic rings. The zero-order chi connectivity index (χ0) is 18.8. The maximum Gasteiger partial charge on any atom is 0.330 e. The summed E-state index contributed by atoms with van der Waals surface area (Å²) in [7, 11) is 1.31. The number of ether oxygens (including phenoxy) is 1. The Labute approximate surface area is 144 Å². The number of nitrogens with zero attached hydrogens (tertiary/aromatic N) is 2. The fourth-order valence-corrected chi connectivity index (χ4v) is 2.17. The van der Waals surface area contributed by atoms with Gasteiger partial charge in [-0.3, -0.25) is 9.48 Å². The molecule has 2 N–H and O–H groups in total. The van der Waals surface area contributed by atoms with Crippen molar-refractivity contribution in [3.63, 3.8) is 0 Å². The van der Waals surface area contributed by atoms with E-state index in [4.69, 9.17) is 4.74 Å². The first-order valence-electron chi connectivity index (χ1n) is 7.55. The molecule has 0 saturated heterocycles. The summed E-state index contributed by atoms with van der Waals surface area (Å²) in [6.45, 7) is 5.76. The average molecular weight is 349 g/mol. The molecule has 25 heavy (non-hydrogen) atoms. The maximum absolute atomic E-state index is 13.8. The second-order valence-electron chi connectivity index (χ2n) is 6.48. The van der Waals surface area contributed by atoms with Crippen molar-refractivity contribution >= 4 is 11.9 Å². The van der Waals surface area contributed by atoms with E-state index in [2.05, 4.69) is 10.4 Å². The van der Waals surface area contributed by atoms with Gasteiger partial charge in [-0.15, -0.1) is 0 Å². The molecule has 1 amide bonds. The molecule has 0 aliphatic carbocycles. The summed E-state index contributed by atoms with van der Waals surface area (Å²) in [5.74, 6) is -2.63. The fraction of sp³-hybridized carbons (Fsp3) is 0.353. The standard InChI is InChI=1S/C17H20FN3O4/c1-17(2,3)21-9-11(8-19-21)15(22)20-14(16(23)24)10-5-6-13(25-4)12(18)7-10/h5-9,14H,1-4H3,(H,20,22)(H,23,24). The van der Waals surface area contributed by atoms with Crippen molar-refractivity contribution in [3.05, 3.63) is 47.5 Å². The maximum atomic E-state index is 13.8. The number of hydrogen-bond donors (Lipinski definition) is 2. The highest BCUT2D eigenvalue weighted by Gasteiger charge is 2.25. The van der Waals surface area contributed by atoms with Gasteiger partial charge >= 0.3 is 5.97 Å². The molecule has 0 bridgehead atoms. The third-order valence-electron chi connectivity index (χ3n) is 3.56. The molecule has 1 unspecified atom stereocenters. The number of benzene rings is 1. The van der Waals surface area contributed by atoms with E-state index in [1.165, 1.54) is 31.6 Å². The smallest absolute Gasteiger partial charge is 0.330 e. The number of halogens is 1. The predicted molar refractivity (Wildman–Crippen MR) is 88.0 cm³/mol. The normalized spacial score (nSPS) is 12.5. The van der Waals surface area contributed by atoms with Crippen molar-refractivity contribution in [3.8, 4) is 5.75 Å². The van der Waals surface area contributed by atoms with Gasteiger partial charge in [-0.2, -0.15) is 5.10 Å². The third kappa shape index (κ3) is 4.14. The molecule has 2 rings (SSSR count). The van der Waals surface area contributed by atoms with Crippen molar-refractivity contribution in [2.24, 2.45) is 0 Å². The summed E-state index contributed by atoms with van der Waals surface area (Å²) in [4.78, 5) is 23.8. The van der Waals surface area contributed by atoms with Crippen molar-refractivity contribution in [2.45, 2.75) is 32.4 Å². The Hall–Kier alpha value is -2.90. The lowest BCUT2D eigenvalue weighted by Crippen LogP contribution is -2.33. The van der Waals surface area contributed by atoms with Gasteiger partial charge in [0.05, 0.1) is 24.4 Å². The van der Waals surface area contributed by atoms with Crippen LogP contribution in [0.2, 0.25) is 0 Å². The van der Waals surface area contributed by atoms with Crippen LogP contribution in [-0.2, 0) is 10.3 Å². The van der Waals surface area contributed by atoms with Crippen LogP contribution in [0.1, 0.15) is 42.7 Å². The molecule has 0 fully saturated rings. The molecule has 8 heteroatoms. The van der Waals surface area contributed by atoms with Gasteiger partial charge < -0.3 is 15.2 Å². The van der Waals surface area contributed by atoms with Crippen LogP contribution < -0.4 is 10.1 Å². The van der Waals surface area contributed by atoms with E-state index in [1.807, 2.05) is 20.8 Å². The highest BCUT2D eigenvalue weighted by atomic mass is 19.1. The number of carbonyl (C=O) groups is 2. The SMILES string of the molecule is COc1ccc(C(NC(=O)c2cnn(C(C)(C)C)c2)C(=O)O)cc1F. The van der Waals surface area contributed by atoms with E-state index < -0.39 is 23.7 Å². The fourth-order valence-electron chi connectivity index (χ4n) is 2.17. The first kappa shape index (κ1) is 18.4. The quantitative estimate of drug-likeness (QED) is 0.864. The van der Waals surface area contributed by atoms with E-state index >= 15 is 0 Å². The number of nitrogens with one attached hydrogen (secondary N) is 1. The van der Waals surface area contributed by atoms with Crippen LogP contribution in [0.4, 0.5) is 4.39 Å². The van der Waals surface area contributed by atoms with Gasteiger partial charge in [0.1, 0.15) is 0 Å².